The van der Waals surface area contributed by atoms with Crippen molar-refractivity contribution >= 4 is 32.8 Å². The SMILES string of the molecule is CN.COC.[B]C1([B])[C@@H](C(F)(F)F)NC(=O)N1Cc1ccc2nc(CCOC(C)(C)C(F)(F)F)[nH]c2c1. The van der Waals surface area contributed by atoms with Gasteiger partial charge in [0, 0.05) is 27.2 Å². The van der Waals surface area contributed by atoms with Gasteiger partial charge in [-0.15, -0.1) is 0 Å². The normalized spacial score (nSPS) is 17.6. The molecule has 1 fully saturated rings. The van der Waals surface area contributed by atoms with Gasteiger partial charge < -0.3 is 30.4 Å². The van der Waals surface area contributed by atoms with Crippen LogP contribution in [0.2, 0.25) is 0 Å². The van der Waals surface area contributed by atoms with Crippen LogP contribution in [0.25, 0.3) is 11.0 Å². The fourth-order valence-corrected chi connectivity index (χ4v) is 3.20. The monoisotopic (exact) mass is 535 g/mol. The standard InChI is InChI=1S/C18H18B2F6N4O2.C2H6O.CH5N/c1-15(2,18(24,25)26)32-6-5-12-27-10-4-3-9(7-11(10)28-12)8-30-14(31)29-13(16(30,19)20)17(21,22)23;1-3-2;1-2/h3-4,7,13H,5-6,8H2,1-2H3,(H,27,28)(H,29,31);1-2H3;2H2,1H3/t13-;;/m0../s1. The summed E-state index contributed by atoms with van der Waals surface area (Å²) in [5.74, 6) is 0.359. The predicted octanol–water partition coefficient (Wildman–Crippen LogP) is 2.75. The predicted molar refractivity (Wildman–Crippen MR) is 127 cm³/mol. The van der Waals surface area contributed by atoms with E-state index in [4.69, 9.17) is 20.4 Å². The highest BCUT2D eigenvalue weighted by atomic mass is 19.4. The number of nitrogens with zero attached hydrogens (tertiary/aromatic N) is 2. The van der Waals surface area contributed by atoms with Gasteiger partial charge >= 0.3 is 18.4 Å². The number of rotatable bonds is 6. The first kappa shape index (κ1) is 32.6. The third-order valence-electron chi connectivity index (χ3n) is 5.19. The largest absolute Gasteiger partial charge is 0.416 e. The number of nitrogens with one attached hydrogen (secondary N) is 2. The number of hydrogen-bond acceptors (Lipinski definition) is 5. The zero-order valence-electron chi connectivity index (χ0n) is 21.0. The third kappa shape index (κ3) is 8.01. The minimum Gasteiger partial charge on any atom is -0.388 e. The maximum atomic E-state index is 13.1. The number of nitrogens with two attached hydrogens (primary N) is 1. The number of carbonyl (C=O) groups excluding carboxylic acids is 1. The smallest absolute Gasteiger partial charge is 0.388 e. The number of carbonyl (C=O) groups is 1. The number of methoxy groups -OCH3 is 1. The Morgan fingerprint density at radius 3 is 2.19 bits per heavy atom. The van der Waals surface area contributed by atoms with Gasteiger partial charge in [0.1, 0.15) is 11.9 Å². The molecule has 1 atom stereocenters. The van der Waals surface area contributed by atoms with Crippen molar-refractivity contribution in [2.24, 2.45) is 5.73 Å². The lowest BCUT2D eigenvalue weighted by molar-refractivity contribution is -0.263. The number of fused-ring (bicyclic) bond motifs is 1. The van der Waals surface area contributed by atoms with Crippen molar-refractivity contribution in [1.82, 2.24) is 20.2 Å². The van der Waals surface area contributed by atoms with E-state index < -0.39 is 35.4 Å². The van der Waals surface area contributed by atoms with Crippen LogP contribution in [0.15, 0.2) is 18.2 Å². The Bertz CT molecular complexity index is 1030. The van der Waals surface area contributed by atoms with Crippen LogP contribution in [0.1, 0.15) is 25.2 Å². The number of amides is 2. The molecule has 0 bridgehead atoms. The molecule has 0 aliphatic carbocycles. The summed E-state index contributed by atoms with van der Waals surface area (Å²) in [6, 6.07) is 1.12. The van der Waals surface area contributed by atoms with Crippen molar-refractivity contribution < 1.29 is 40.6 Å². The number of benzene rings is 1. The number of aromatic amines is 1. The van der Waals surface area contributed by atoms with E-state index in [1.807, 2.05) is 0 Å². The van der Waals surface area contributed by atoms with Gasteiger partial charge in [-0.1, -0.05) is 6.07 Å². The van der Waals surface area contributed by atoms with Crippen molar-refractivity contribution in [1.29, 1.82) is 0 Å². The summed E-state index contributed by atoms with van der Waals surface area (Å²) < 4.78 is 87.0. The first-order valence-corrected chi connectivity index (χ1v) is 10.8. The molecule has 0 unspecified atom stereocenters. The Hall–Kier alpha value is -2.45. The van der Waals surface area contributed by atoms with Crippen LogP contribution in [0.4, 0.5) is 31.1 Å². The third-order valence-corrected chi connectivity index (χ3v) is 5.19. The van der Waals surface area contributed by atoms with Gasteiger partial charge in [-0.3, -0.25) is 0 Å². The lowest BCUT2D eigenvalue weighted by Gasteiger charge is -2.36. The van der Waals surface area contributed by atoms with Gasteiger partial charge in [0.15, 0.2) is 5.60 Å². The highest BCUT2D eigenvalue weighted by Gasteiger charge is 2.57. The van der Waals surface area contributed by atoms with E-state index in [1.54, 1.807) is 25.6 Å². The summed E-state index contributed by atoms with van der Waals surface area (Å²) in [4.78, 5) is 19.9. The highest BCUT2D eigenvalue weighted by molar-refractivity contribution is 6.42. The molecular formula is C21H29B2F6N5O3. The molecule has 2 amide bonds. The Kier molecular flexibility index (Phi) is 10.9. The summed E-state index contributed by atoms with van der Waals surface area (Å²) in [5.41, 5.74) is 3.55. The van der Waals surface area contributed by atoms with E-state index >= 15 is 0 Å². The summed E-state index contributed by atoms with van der Waals surface area (Å²) in [7, 11) is 16.0. The molecule has 4 radical (unpaired) electrons. The zero-order chi connectivity index (χ0) is 28.8. The molecule has 0 spiro atoms. The molecule has 4 N–H and O–H groups in total. The van der Waals surface area contributed by atoms with Gasteiger partial charge in [-0.05, 0) is 43.9 Å². The summed E-state index contributed by atoms with van der Waals surface area (Å²) in [6.07, 6.45) is -9.29. The second-order valence-electron chi connectivity index (χ2n) is 8.45. The number of hydrogen-bond donors (Lipinski definition) is 3. The van der Waals surface area contributed by atoms with E-state index in [2.05, 4.69) is 20.4 Å². The topological polar surface area (TPSA) is 106 Å². The first-order valence-electron chi connectivity index (χ1n) is 10.8. The van der Waals surface area contributed by atoms with E-state index in [1.165, 1.54) is 19.2 Å². The molecule has 1 aliphatic rings. The zero-order valence-corrected chi connectivity index (χ0v) is 21.0. The average Bonchev–Trinajstić information content (AvgIpc) is 3.27. The van der Waals surface area contributed by atoms with Gasteiger partial charge in [0.05, 0.1) is 33.3 Å². The van der Waals surface area contributed by atoms with Crippen LogP contribution >= 0.6 is 0 Å². The van der Waals surface area contributed by atoms with Gasteiger partial charge in [0.25, 0.3) is 0 Å². The van der Waals surface area contributed by atoms with Crippen LogP contribution in [0.5, 0.6) is 0 Å². The highest BCUT2D eigenvalue weighted by Crippen LogP contribution is 2.34. The van der Waals surface area contributed by atoms with Crippen LogP contribution in [0.3, 0.4) is 0 Å². The first-order chi connectivity index (χ1) is 16.9. The summed E-state index contributed by atoms with van der Waals surface area (Å²) in [5, 5.41) is -0.755. The van der Waals surface area contributed by atoms with E-state index in [-0.39, 0.29) is 19.6 Å². The molecule has 1 aromatic heterocycles. The Morgan fingerprint density at radius 2 is 1.70 bits per heavy atom. The number of ether oxygens (including phenoxy) is 2. The van der Waals surface area contributed by atoms with E-state index in [0.29, 0.717) is 27.3 Å². The fraction of sp³-hybridized carbons (Fsp3) is 0.619. The average molecular weight is 535 g/mol. The Morgan fingerprint density at radius 1 is 1.14 bits per heavy atom. The molecule has 1 saturated heterocycles. The number of alkyl halides is 6. The molecule has 1 aliphatic heterocycles. The van der Waals surface area contributed by atoms with Crippen molar-refractivity contribution in [2.45, 2.75) is 56.1 Å². The molecule has 16 heteroatoms. The van der Waals surface area contributed by atoms with Gasteiger partial charge in [-0.2, -0.15) is 26.3 Å². The summed E-state index contributed by atoms with van der Waals surface area (Å²) >= 11 is 0. The quantitative estimate of drug-likeness (QED) is 0.390. The van der Waals surface area contributed by atoms with Crippen LogP contribution < -0.4 is 11.1 Å². The second kappa shape index (κ2) is 12.4. The number of imidazole rings is 1. The van der Waals surface area contributed by atoms with Crippen LogP contribution in [-0.2, 0) is 22.4 Å². The number of aromatic nitrogens is 2. The Balaban J connectivity index is 0.00000127. The molecular weight excluding hydrogens is 506 g/mol. The molecule has 0 saturated carbocycles. The maximum absolute atomic E-state index is 13.1. The molecule has 8 nitrogen and oxygen atoms in total. The number of halogens is 6. The van der Waals surface area contributed by atoms with Crippen molar-refractivity contribution in [2.75, 3.05) is 27.9 Å². The van der Waals surface area contributed by atoms with E-state index in [9.17, 15) is 31.1 Å². The van der Waals surface area contributed by atoms with Crippen molar-refractivity contribution in [3.8, 4) is 0 Å². The van der Waals surface area contributed by atoms with Crippen molar-refractivity contribution in [3.63, 3.8) is 0 Å². The van der Waals surface area contributed by atoms with Gasteiger partial charge in [-0.25, -0.2) is 9.78 Å². The maximum Gasteiger partial charge on any atom is 0.416 e. The van der Waals surface area contributed by atoms with Crippen LogP contribution in [-0.4, -0.2) is 93.8 Å². The number of urea groups is 1. The molecule has 37 heavy (non-hydrogen) atoms. The molecule has 2 heterocycles. The fourth-order valence-electron chi connectivity index (χ4n) is 3.20. The second-order valence-corrected chi connectivity index (χ2v) is 8.45. The summed E-state index contributed by atoms with van der Waals surface area (Å²) in [6.45, 7) is 1.29. The minimum absolute atomic E-state index is 0.0695. The van der Waals surface area contributed by atoms with Gasteiger partial charge in [0.2, 0.25) is 0 Å². The van der Waals surface area contributed by atoms with E-state index in [0.717, 1.165) is 13.8 Å². The van der Waals surface area contributed by atoms with Crippen molar-refractivity contribution in [3.05, 3.63) is 29.6 Å². The Labute approximate surface area is 213 Å². The minimum atomic E-state index is -4.83. The lowest BCUT2D eigenvalue weighted by atomic mass is 9.57. The lowest BCUT2D eigenvalue weighted by Crippen LogP contribution is -2.58. The molecule has 204 valence electrons. The molecule has 1 aromatic carbocycles. The van der Waals surface area contributed by atoms with Crippen LogP contribution in [0, 0.1) is 0 Å². The number of H-pyrrole nitrogens is 1. The molecule has 3 rings (SSSR count). The molecule has 2 aromatic rings.